The van der Waals surface area contributed by atoms with Crippen LogP contribution < -0.4 is 19.1 Å². The Labute approximate surface area is 216 Å². The van der Waals surface area contributed by atoms with E-state index in [9.17, 15) is 14.7 Å². The Morgan fingerprint density at radius 3 is 2.16 bits per heavy atom. The monoisotopic (exact) mass is 501 g/mol. The molecule has 7 heteroatoms. The van der Waals surface area contributed by atoms with Gasteiger partial charge in [0.1, 0.15) is 11.5 Å². The number of ketones is 1. The molecule has 0 aliphatic carbocycles. The second kappa shape index (κ2) is 11.2. The van der Waals surface area contributed by atoms with Crippen molar-refractivity contribution in [3.63, 3.8) is 0 Å². The number of anilines is 1. The van der Waals surface area contributed by atoms with Gasteiger partial charge in [0, 0.05) is 17.3 Å². The van der Waals surface area contributed by atoms with Crippen LogP contribution in [0, 0.1) is 0 Å². The standard InChI is InChI=1S/C30H31NO6/c1-5-35-24-17-14-22(18-25(24)36-6-2)31-27(20-10-8-7-9-11-20)26(29(33)30(31)34)28(32)21-12-15-23(16-13-21)37-19(3)4/h7-19,27,32H,5-6H2,1-4H3/b28-26+. The molecule has 0 radical (unpaired) electrons. The van der Waals surface area contributed by atoms with Crippen LogP contribution in [-0.4, -0.2) is 36.1 Å². The van der Waals surface area contributed by atoms with Crippen molar-refractivity contribution in [1.29, 1.82) is 0 Å². The van der Waals surface area contributed by atoms with E-state index in [1.807, 2.05) is 58.0 Å². The van der Waals surface area contributed by atoms with Crippen LogP contribution in [0.1, 0.15) is 44.9 Å². The summed E-state index contributed by atoms with van der Waals surface area (Å²) >= 11 is 0. The maximum Gasteiger partial charge on any atom is 0.300 e. The minimum Gasteiger partial charge on any atom is -0.507 e. The lowest BCUT2D eigenvalue weighted by molar-refractivity contribution is -0.132. The molecule has 1 heterocycles. The highest BCUT2D eigenvalue weighted by atomic mass is 16.5. The van der Waals surface area contributed by atoms with Crippen LogP contribution >= 0.6 is 0 Å². The first-order chi connectivity index (χ1) is 17.8. The van der Waals surface area contributed by atoms with E-state index in [-0.39, 0.29) is 17.4 Å². The molecule has 0 spiro atoms. The van der Waals surface area contributed by atoms with E-state index in [2.05, 4.69) is 0 Å². The van der Waals surface area contributed by atoms with Crippen LogP contribution in [0.2, 0.25) is 0 Å². The van der Waals surface area contributed by atoms with Crippen LogP contribution in [-0.2, 0) is 9.59 Å². The summed E-state index contributed by atoms with van der Waals surface area (Å²) in [5, 5.41) is 11.3. The van der Waals surface area contributed by atoms with Crippen LogP contribution in [0.25, 0.3) is 5.76 Å². The molecule has 1 saturated heterocycles. The molecule has 192 valence electrons. The zero-order chi connectivity index (χ0) is 26.5. The molecule has 0 bridgehead atoms. The van der Waals surface area contributed by atoms with Gasteiger partial charge in [0.15, 0.2) is 11.5 Å². The highest BCUT2D eigenvalue weighted by molar-refractivity contribution is 6.51. The summed E-state index contributed by atoms with van der Waals surface area (Å²) in [6.07, 6.45) is -0.00135. The molecule has 1 aliphatic rings. The number of benzene rings is 3. The zero-order valence-corrected chi connectivity index (χ0v) is 21.4. The topological polar surface area (TPSA) is 85.3 Å². The van der Waals surface area contributed by atoms with Gasteiger partial charge in [-0.1, -0.05) is 30.3 Å². The number of aliphatic hydroxyl groups excluding tert-OH is 1. The first-order valence-corrected chi connectivity index (χ1v) is 12.4. The number of hydrogen-bond donors (Lipinski definition) is 1. The Hall–Kier alpha value is -4.26. The smallest absolute Gasteiger partial charge is 0.300 e. The largest absolute Gasteiger partial charge is 0.507 e. The van der Waals surface area contributed by atoms with Gasteiger partial charge in [0.2, 0.25) is 0 Å². The highest BCUT2D eigenvalue weighted by Crippen LogP contribution is 2.44. The average Bonchev–Trinajstić information content (AvgIpc) is 3.16. The number of Topliss-reactive ketones (excluding diaryl/α,β-unsaturated/α-hetero) is 1. The van der Waals surface area contributed by atoms with E-state index in [1.54, 1.807) is 42.5 Å². The predicted octanol–water partition coefficient (Wildman–Crippen LogP) is 5.90. The number of carbonyl (C=O) groups is 2. The van der Waals surface area contributed by atoms with Gasteiger partial charge in [0.05, 0.1) is 30.9 Å². The first-order valence-electron chi connectivity index (χ1n) is 12.4. The van der Waals surface area contributed by atoms with Gasteiger partial charge < -0.3 is 19.3 Å². The normalized spacial score (nSPS) is 16.8. The molecular weight excluding hydrogens is 470 g/mol. The van der Waals surface area contributed by atoms with Crippen molar-refractivity contribution in [3.05, 3.63) is 89.5 Å². The molecule has 0 aromatic heterocycles. The fourth-order valence-corrected chi connectivity index (χ4v) is 4.36. The number of nitrogens with zero attached hydrogens (tertiary/aromatic N) is 1. The summed E-state index contributed by atoms with van der Waals surface area (Å²) in [5.41, 5.74) is 1.58. The number of ether oxygens (including phenoxy) is 3. The lowest BCUT2D eigenvalue weighted by atomic mass is 9.95. The molecule has 37 heavy (non-hydrogen) atoms. The molecule has 1 fully saturated rings. The summed E-state index contributed by atoms with van der Waals surface area (Å²) in [6, 6.07) is 20.3. The lowest BCUT2D eigenvalue weighted by Gasteiger charge is -2.26. The minimum atomic E-state index is -0.833. The van der Waals surface area contributed by atoms with Crippen LogP contribution in [0.3, 0.4) is 0 Å². The van der Waals surface area contributed by atoms with Crippen molar-refractivity contribution < 1.29 is 28.9 Å². The van der Waals surface area contributed by atoms with Crippen LogP contribution in [0.4, 0.5) is 5.69 Å². The zero-order valence-electron chi connectivity index (χ0n) is 21.4. The third-order valence-electron chi connectivity index (χ3n) is 5.86. The van der Waals surface area contributed by atoms with Gasteiger partial charge in [-0.05, 0) is 69.7 Å². The molecule has 7 nitrogen and oxygen atoms in total. The molecule has 1 amide bonds. The Kier molecular flexibility index (Phi) is 7.82. The van der Waals surface area contributed by atoms with Crippen molar-refractivity contribution >= 4 is 23.1 Å². The van der Waals surface area contributed by atoms with Gasteiger partial charge in [-0.15, -0.1) is 0 Å². The molecule has 1 unspecified atom stereocenters. The molecule has 3 aromatic rings. The van der Waals surface area contributed by atoms with Gasteiger partial charge in [-0.3, -0.25) is 14.5 Å². The summed E-state index contributed by atoms with van der Waals surface area (Å²) in [6.45, 7) is 8.44. The van der Waals surface area contributed by atoms with Gasteiger partial charge in [0.25, 0.3) is 11.7 Å². The summed E-state index contributed by atoms with van der Waals surface area (Å²) in [7, 11) is 0. The number of rotatable bonds is 9. The second-order valence-corrected chi connectivity index (χ2v) is 8.77. The Bertz CT molecular complexity index is 1300. The molecule has 1 N–H and O–H groups in total. The SMILES string of the molecule is CCOc1ccc(N2C(=O)C(=O)/C(=C(/O)c3ccc(OC(C)C)cc3)C2c2ccccc2)cc1OCC. The summed E-state index contributed by atoms with van der Waals surface area (Å²) in [4.78, 5) is 28.2. The van der Waals surface area contributed by atoms with E-state index >= 15 is 0 Å². The van der Waals surface area contributed by atoms with Gasteiger partial charge in [-0.25, -0.2) is 0 Å². The Morgan fingerprint density at radius 2 is 1.54 bits per heavy atom. The summed E-state index contributed by atoms with van der Waals surface area (Å²) < 4.78 is 17.1. The second-order valence-electron chi connectivity index (χ2n) is 8.77. The molecular formula is C30H31NO6. The van der Waals surface area contributed by atoms with E-state index in [0.29, 0.717) is 47.3 Å². The Morgan fingerprint density at radius 1 is 0.892 bits per heavy atom. The number of hydrogen-bond acceptors (Lipinski definition) is 6. The van der Waals surface area contributed by atoms with E-state index < -0.39 is 17.7 Å². The fraction of sp³-hybridized carbons (Fsp3) is 0.267. The van der Waals surface area contributed by atoms with Crippen molar-refractivity contribution in [2.24, 2.45) is 0 Å². The van der Waals surface area contributed by atoms with Gasteiger partial charge >= 0.3 is 0 Å². The van der Waals surface area contributed by atoms with Crippen LogP contribution in [0.5, 0.6) is 17.2 Å². The molecule has 1 aliphatic heterocycles. The fourth-order valence-electron chi connectivity index (χ4n) is 4.36. The maximum absolute atomic E-state index is 13.4. The summed E-state index contributed by atoms with van der Waals surface area (Å²) in [5.74, 6) is -0.0883. The average molecular weight is 502 g/mol. The maximum atomic E-state index is 13.4. The third-order valence-corrected chi connectivity index (χ3v) is 5.86. The minimum absolute atomic E-state index is 0.00135. The lowest BCUT2D eigenvalue weighted by Crippen LogP contribution is -2.29. The van der Waals surface area contributed by atoms with E-state index in [4.69, 9.17) is 14.2 Å². The molecule has 3 aromatic carbocycles. The molecule has 1 atom stereocenters. The van der Waals surface area contributed by atoms with E-state index in [0.717, 1.165) is 0 Å². The number of carbonyl (C=O) groups excluding carboxylic acids is 2. The highest BCUT2D eigenvalue weighted by Gasteiger charge is 2.47. The van der Waals surface area contributed by atoms with Crippen molar-refractivity contribution in [2.45, 2.75) is 39.8 Å². The van der Waals surface area contributed by atoms with Crippen molar-refractivity contribution in [2.75, 3.05) is 18.1 Å². The van der Waals surface area contributed by atoms with E-state index in [1.165, 1.54) is 4.90 Å². The molecule has 4 rings (SSSR count). The third kappa shape index (κ3) is 5.31. The first kappa shape index (κ1) is 25.8. The van der Waals surface area contributed by atoms with Crippen molar-refractivity contribution in [1.82, 2.24) is 0 Å². The Balaban J connectivity index is 1.84. The predicted molar refractivity (Wildman–Crippen MR) is 142 cm³/mol. The van der Waals surface area contributed by atoms with Crippen molar-refractivity contribution in [3.8, 4) is 17.2 Å². The number of amides is 1. The quantitative estimate of drug-likeness (QED) is 0.223. The molecule has 0 saturated carbocycles. The number of aliphatic hydroxyl groups is 1. The van der Waals surface area contributed by atoms with Gasteiger partial charge in [-0.2, -0.15) is 0 Å². The van der Waals surface area contributed by atoms with Crippen LogP contribution in [0.15, 0.2) is 78.4 Å².